The Morgan fingerprint density at radius 1 is 1.82 bits per heavy atom. The van der Waals surface area contributed by atoms with E-state index in [1.807, 2.05) is 0 Å². The number of carbonyl (C=O) groups excluding carboxylic acids is 1. The van der Waals surface area contributed by atoms with E-state index in [1.165, 1.54) is 6.33 Å². The third kappa shape index (κ3) is 2.67. The first-order valence-electron chi connectivity index (χ1n) is 3.00. The summed E-state index contributed by atoms with van der Waals surface area (Å²) in [5.74, 6) is 0.584. The fraction of sp³-hybridized carbons (Fsp3) is 0.400. The topological polar surface area (TPSA) is 70.7 Å². The molecule has 0 fully saturated rings. The number of carbonyl (C=O) groups is 1. The van der Waals surface area contributed by atoms with Gasteiger partial charge in [-0.3, -0.25) is 9.89 Å². The van der Waals surface area contributed by atoms with Gasteiger partial charge in [-0.2, -0.15) is 5.10 Å². The molecule has 5 nitrogen and oxygen atoms in total. The molecule has 0 saturated heterocycles. The largest absolute Gasteiger partial charge is 0.348 e. The van der Waals surface area contributed by atoms with Gasteiger partial charge in [0, 0.05) is 0 Å². The van der Waals surface area contributed by atoms with Gasteiger partial charge in [0.25, 0.3) is 0 Å². The molecule has 11 heavy (non-hydrogen) atoms. The third-order valence-electron chi connectivity index (χ3n) is 1.04. The fourth-order valence-corrected chi connectivity index (χ4v) is 0.744. The molecule has 1 rings (SSSR count). The van der Waals surface area contributed by atoms with Crippen LogP contribution in [0.15, 0.2) is 6.33 Å². The standard InChI is InChI=1S/C5H7BrN4O/c6-1-5(11)7-2-4-8-3-9-10-4/h3H,1-2H2,(H,7,11)(H,8,9,10). The minimum atomic E-state index is -0.0681. The van der Waals surface area contributed by atoms with Gasteiger partial charge in [-0.05, 0) is 0 Å². The molecule has 0 bridgehead atoms. The lowest BCUT2D eigenvalue weighted by Gasteiger charge is -1.97. The minimum absolute atomic E-state index is 0.0681. The molecule has 0 aliphatic carbocycles. The highest BCUT2D eigenvalue weighted by molar-refractivity contribution is 9.09. The lowest BCUT2D eigenvalue weighted by Crippen LogP contribution is -2.24. The van der Waals surface area contributed by atoms with Crippen molar-refractivity contribution in [2.75, 3.05) is 5.33 Å². The van der Waals surface area contributed by atoms with E-state index < -0.39 is 0 Å². The SMILES string of the molecule is O=C(CBr)NCc1ncn[nH]1. The van der Waals surface area contributed by atoms with Crippen molar-refractivity contribution in [3.8, 4) is 0 Å². The second-order valence-electron chi connectivity index (χ2n) is 1.84. The summed E-state index contributed by atoms with van der Waals surface area (Å²) >= 11 is 3.02. The van der Waals surface area contributed by atoms with Crippen LogP contribution in [0.4, 0.5) is 0 Å². The highest BCUT2D eigenvalue weighted by Crippen LogP contribution is 1.84. The Balaban J connectivity index is 2.29. The molecule has 1 aromatic heterocycles. The molecule has 0 aromatic carbocycles. The third-order valence-corrected chi connectivity index (χ3v) is 1.55. The average molecular weight is 219 g/mol. The van der Waals surface area contributed by atoms with Crippen LogP contribution >= 0.6 is 15.9 Å². The molecule has 2 N–H and O–H groups in total. The van der Waals surface area contributed by atoms with Crippen molar-refractivity contribution in [3.63, 3.8) is 0 Å². The van der Waals surface area contributed by atoms with E-state index in [2.05, 4.69) is 36.4 Å². The highest BCUT2D eigenvalue weighted by atomic mass is 79.9. The first kappa shape index (κ1) is 8.19. The smallest absolute Gasteiger partial charge is 0.231 e. The van der Waals surface area contributed by atoms with Gasteiger partial charge in [0.2, 0.25) is 5.91 Å². The molecule has 1 heterocycles. The molecule has 0 aliphatic heterocycles. The number of alkyl halides is 1. The molecule has 60 valence electrons. The number of hydrogen-bond donors (Lipinski definition) is 2. The Bertz CT molecular complexity index is 222. The monoisotopic (exact) mass is 218 g/mol. The maximum Gasteiger partial charge on any atom is 0.231 e. The van der Waals surface area contributed by atoms with Crippen LogP contribution in [0.5, 0.6) is 0 Å². The van der Waals surface area contributed by atoms with Gasteiger partial charge in [-0.1, -0.05) is 15.9 Å². The first-order valence-corrected chi connectivity index (χ1v) is 4.12. The second-order valence-corrected chi connectivity index (χ2v) is 2.40. The van der Waals surface area contributed by atoms with Crippen LogP contribution in [0.1, 0.15) is 5.82 Å². The summed E-state index contributed by atoms with van der Waals surface area (Å²) < 4.78 is 0. The van der Waals surface area contributed by atoms with E-state index in [0.29, 0.717) is 17.7 Å². The van der Waals surface area contributed by atoms with Crippen molar-refractivity contribution < 1.29 is 4.79 Å². The Morgan fingerprint density at radius 3 is 3.18 bits per heavy atom. The molecule has 0 atom stereocenters. The predicted octanol–water partition coefficient (Wildman–Crippen LogP) is -0.184. The van der Waals surface area contributed by atoms with Crippen LogP contribution in [0, 0.1) is 0 Å². The Morgan fingerprint density at radius 2 is 2.64 bits per heavy atom. The highest BCUT2D eigenvalue weighted by Gasteiger charge is 1.98. The maximum absolute atomic E-state index is 10.7. The van der Waals surface area contributed by atoms with Crippen LogP contribution in [-0.2, 0) is 11.3 Å². The zero-order valence-electron chi connectivity index (χ0n) is 5.67. The van der Waals surface area contributed by atoms with Gasteiger partial charge >= 0.3 is 0 Å². The molecule has 0 radical (unpaired) electrons. The molecule has 6 heteroatoms. The van der Waals surface area contributed by atoms with Crippen molar-refractivity contribution in [1.82, 2.24) is 20.5 Å². The summed E-state index contributed by atoms with van der Waals surface area (Å²) in [6.07, 6.45) is 1.40. The Labute approximate surface area is 71.7 Å². The number of halogens is 1. The summed E-state index contributed by atoms with van der Waals surface area (Å²) in [5, 5.41) is 9.17. The summed E-state index contributed by atoms with van der Waals surface area (Å²) in [5.41, 5.74) is 0. The van der Waals surface area contributed by atoms with Gasteiger partial charge < -0.3 is 5.32 Å². The van der Waals surface area contributed by atoms with E-state index in [9.17, 15) is 4.79 Å². The summed E-state index contributed by atoms with van der Waals surface area (Å²) in [7, 11) is 0. The average Bonchev–Trinajstić information content (AvgIpc) is 2.52. The number of nitrogens with one attached hydrogen (secondary N) is 2. The molecule has 0 unspecified atom stereocenters. The van der Waals surface area contributed by atoms with Crippen LogP contribution in [0.25, 0.3) is 0 Å². The van der Waals surface area contributed by atoms with Crippen molar-refractivity contribution in [2.45, 2.75) is 6.54 Å². The number of nitrogens with zero attached hydrogens (tertiary/aromatic N) is 2. The van der Waals surface area contributed by atoms with E-state index >= 15 is 0 Å². The quantitative estimate of drug-likeness (QED) is 0.692. The Hall–Kier alpha value is -0.910. The molecule has 0 aliphatic rings. The summed E-state index contributed by atoms with van der Waals surface area (Å²) in [6.45, 7) is 0.393. The van der Waals surface area contributed by atoms with E-state index in [4.69, 9.17) is 0 Å². The zero-order valence-corrected chi connectivity index (χ0v) is 7.26. The number of amides is 1. The number of rotatable bonds is 3. The van der Waals surface area contributed by atoms with Crippen LogP contribution in [0.2, 0.25) is 0 Å². The normalized spacial score (nSPS) is 9.55. The van der Waals surface area contributed by atoms with Crippen molar-refractivity contribution >= 4 is 21.8 Å². The van der Waals surface area contributed by atoms with E-state index in [0.717, 1.165) is 0 Å². The lowest BCUT2D eigenvalue weighted by atomic mass is 10.6. The summed E-state index contributed by atoms with van der Waals surface area (Å²) in [4.78, 5) is 14.5. The van der Waals surface area contributed by atoms with Crippen molar-refractivity contribution in [2.24, 2.45) is 0 Å². The van der Waals surface area contributed by atoms with Crippen molar-refractivity contribution in [1.29, 1.82) is 0 Å². The fourth-order valence-electron chi connectivity index (χ4n) is 0.546. The predicted molar refractivity (Wildman–Crippen MR) is 42.0 cm³/mol. The number of aromatic amines is 1. The second kappa shape index (κ2) is 4.07. The lowest BCUT2D eigenvalue weighted by molar-refractivity contribution is -0.118. The van der Waals surface area contributed by atoms with Gasteiger partial charge in [0.1, 0.15) is 12.2 Å². The summed E-state index contributed by atoms with van der Waals surface area (Å²) in [6, 6.07) is 0. The number of hydrogen-bond acceptors (Lipinski definition) is 3. The van der Waals surface area contributed by atoms with Gasteiger partial charge in [-0.25, -0.2) is 4.98 Å². The van der Waals surface area contributed by atoms with Crippen molar-refractivity contribution in [3.05, 3.63) is 12.2 Å². The molecule has 1 aromatic rings. The molecule has 0 spiro atoms. The van der Waals surface area contributed by atoms with Crippen LogP contribution in [-0.4, -0.2) is 26.4 Å². The maximum atomic E-state index is 10.7. The van der Waals surface area contributed by atoms with Crippen LogP contribution in [0.3, 0.4) is 0 Å². The Kier molecular flexibility index (Phi) is 3.03. The van der Waals surface area contributed by atoms with Crippen LogP contribution < -0.4 is 5.32 Å². The molecule has 0 saturated carbocycles. The zero-order chi connectivity index (χ0) is 8.10. The molecular weight excluding hydrogens is 212 g/mol. The van der Waals surface area contributed by atoms with Gasteiger partial charge in [-0.15, -0.1) is 0 Å². The van der Waals surface area contributed by atoms with Gasteiger partial charge in [0.05, 0.1) is 11.9 Å². The van der Waals surface area contributed by atoms with E-state index in [-0.39, 0.29) is 5.91 Å². The molecule has 1 amide bonds. The van der Waals surface area contributed by atoms with Gasteiger partial charge in [0.15, 0.2) is 0 Å². The molecular formula is C5H7BrN4O. The number of H-pyrrole nitrogens is 1. The minimum Gasteiger partial charge on any atom is -0.348 e. The number of aromatic nitrogens is 3. The van der Waals surface area contributed by atoms with E-state index in [1.54, 1.807) is 0 Å². The first-order chi connectivity index (χ1) is 5.33.